The number of carbonyl (C=O) groups excluding carboxylic acids is 3. The van der Waals surface area contributed by atoms with E-state index < -0.39 is 0 Å². The number of nitrogens with one attached hydrogen (secondary N) is 1. The van der Waals surface area contributed by atoms with Crippen molar-refractivity contribution in [3.05, 3.63) is 64.7 Å². The second-order valence-electron chi connectivity index (χ2n) is 7.30. The van der Waals surface area contributed by atoms with Crippen LogP contribution in [0.25, 0.3) is 0 Å². The summed E-state index contributed by atoms with van der Waals surface area (Å²) in [6.07, 6.45) is 3.39. The number of hydrogen-bond donors (Lipinski definition) is 1. The van der Waals surface area contributed by atoms with Crippen LogP contribution in [0.1, 0.15) is 58.0 Å². The molecule has 0 aromatic heterocycles. The van der Waals surface area contributed by atoms with E-state index in [-0.39, 0.29) is 17.5 Å². The quantitative estimate of drug-likeness (QED) is 0.776. The first-order valence-electron chi connectivity index (χ1n) is 9.41. The predicted octanol–water partition coefficient (Wildman–Crippen LogP) is 3.27. The Morgan fingerprint density at radius 2 is 1.70 bits per heavy atom. The zero-order valence-corrected chi connectivity index (χ0v) is 15.3. The van der Waals surface area contributed by atoms with Gasteiger partial charge in [-0.05, 0) is 32.4 Å². The van der Waals surface area contributed by atoms with Gasteiger partial charge in [0, 0.05) is 22.7 Å². The monoisotopic (exact) mass is 362 g/mol. The summed E-state index contributed by atoms with van der Waals surface area (Å²) >= 11 is 0. The van der Waals surface area contributed by atoms with Crippen LogP contribution in [-0.2, 0) is 4.79 Å². The maximum Gasteiger partial charge on any atom is 0.238 e. The molecule has 1 fully saturated rings. The zero-order valence-electron chi connectivity index (χ0n) is 15.3. The Kier molecular flexibility index (Phi) is 4.62. The van der Waals surface area contributed by atoms with E-state index in [0.717, 1.165) is 19.4 Å². The molecule has 1 unspecified atom stereocenters. The Morgan fingerprint density at radius 1 is 1.00 bits per heavy atom. The Morgan fingerprint density at radius 3 is 2.44 bits per heavy atom. The lowest BCUT2D eigenvalue weighted by Crippen LogP contribution is -2.42. The highest BCUT2D eigenvalue weighted by atomic mass is 16.2. The van der Waals surface area contributed by atoms with E-state index in [4.69, 9.17) is 0 Å². The van der Waals surface area contributed by atoms with E-state index in [1.165, 1.54) is 6.42 Å². The number of amides is 1. The summed E-state index contributed by atoms with van der Waals surface area (Å²) in [4.78, 5) is 40.5. The number of fused-ring (bicyclic) bond motifs is 2. The molecule has 1 saturated heterocycles. The number of carbonyl (C=O) groups is 3. The normalized spacial score (nSPS) is 19.4. The van der Waals surface area contributed by atoms with Crippen LogP contribution >= 0.6 is 0 Å². The van der Waals surface area contributed by atoms with Crippen LogP contribution in [0.4, 0.5) is 5.69 Å². The minimum atomic E-state index is -0.220. The summed E-state index contributed by atoms with van der Waals surface area (Å²) in [6.45, 7) is 3.34. The number of piperidine rings is 1. The Hall–Kier alpha value is -2.79. The Labute approximate surface area is 158 Å². The average molecular weight is 362 g/mol. The van der Waals surface area contributed by atoms with Crippen molar-refractivity contribution < 1.29 is 14.4 Å². The van der Waals surface area contributed by atoms with Crippen molar-refractivity contribution in [3.63, 3.8) is 0 Å². The van der Waals surface area contributed by atoms with Crippen molar-refractivity contribution >= 4 is 23.2 Å². The molecule has 1 amide bonds. The molecule has 1 aliphatic carbocycles. The number of likely N-dealkylation sites (tertiary alicyclic amines) is 1. The van der Waals surface area contributed by atoms with Gasteiger partial charge < -0.3 is 5.32 Å². The number of nitrogens with zero attached hydrogens (tertiary/aromatic N) is 1. The molecule has 27 heavy (non-hydrogen) atoms. The summed E-state index contributed by atoms with van der Waals surface area (Å²) in [7, 11) is 0. The smallest absolute Gasteiger partial charge is 0.238 e. The van der Waals surface area contributed by atoms with Gasteiger partial charge in [-0.25, -0.2) is 0 Å². The fourth-order valence-corrected chi connectivity index (χ4v) is 4.02. The highest BCUT2D eigenvalue weighted by Gasteiger charge is 2.32. The fraction of sp³-hybridized carbons (Fsp3) is 0.318. The van der Waals surface area contributed by atoms with Crippen LogP contribution in [0.2, 0.25) is 0 Å². The lowest BCUT2D eigenvalue weighted by Gasteiger charge is -2.32. The molecule has 0 saturated carbocycles. The molecule has 1 atom stereocenters. The van der Waals surface area contributed by atoms with Gasteiger partial charge in [-0.15, -0.1) is 0 Å². The lowest BCUT2D eigenvalue weighted by atomic mass is 9.83. The largest absolute Gasteiger partial charge is 0.324 e. The van der Waals surface area contributed by atoms with E-state index in [1.807, 2.05) is 0 Å². The van der Waals surface area contributed by atoms with Crippen LogP contribution in [-0.4, -0.2) is 41.5 Å². The molecule has 1 N–H and O–H groups in total. The predicted molar refractivity (Wildman–Crippen MR) is 103 cm³/mol. The van der Waals surface area contributed by atoms with E-state index >= 15 is 0 Å². The standard InChI is InChI=1S/C22H22N2O3/c1-14-7-4-5-12-24(14)13-19(25)23-18-11-6-10-17-20(18)22(27)16-9-3-2-8-15(16)21(17)26/h2-3,6,8-11,14H,4-5,7,12-13H2,1H3,(H,23,25). The molecule has 2 aromatic rings. The molecule has 2 aliphatic rings. The van der Waals surface area contributed by atoms with Crippen molar-refractivity contribution in [1.29, 1.82) is 0 Å². The van der Waals surface area contributed by atoms with Gasteiger partial charge in [0.05, 0.1) is 17.8 Å². The molecule has 5 nitrogen and oxygen atoms in total. The second kappa shape index (κ2) is 7.08. The zero-order chi connectivity index (χ0) is 19.0. The van der Waals surface area contributed by atoms with Crippen LogP contribution < -0.4 is 5.32 Å². The molecule has 138 valence electrons. The molecule has 2 aromatic carbocycles. The van der Waals surface area contributed by atoms with Crippen LogP contribution in [0.5, 0.6) is 0 Å². The topological polar surface area (TPSA) is 66.5 Å². The Balaban J connectivity index is 1.61. The Bertz CT molecular complexity index is 935. The third kappa shape index (κ3) is 3.19. The van der Waals surface area contributed by atoms with Crippen molar-refractivity contribution in [3.8, 4) is 0 Å². The molecule has 0 bridgehead atoms. The van der Waals surface area contributed by atoms with E-state index in [1.54, 1.807) is 42.5 Å². The van der Waals surface area contributed by atoms with Crippen molar-refractivity contribution in [2.24, 2.45) is 0 Å². The van der Waals surface area contributed by atoms with Gasteiger partial charge in [0.25, 0.3) is 0 Å². The van der Waals surface area contributed by atoms with E-state index in [0.29, 0.717) is 40.5 Å². The summed E-state index contributed by atoms with van der Waals surface area (Å²) in [6, 6.07) is 12.2. The summed E-state index contributed by atoms with van der Waals surface area (Å²) in [5.41, 5.74) is 1.86. The molecule has 1 heterocycles. The number of anilines is 1. The summed E-state index contributed by atoms with van der Waals surface area (Å²) in [5, 5.41) is 2.87. The fourth-order valence-electron chi connectivity index (χ4n) is 4.02. The average Bonchev–Trinajstić information content (AvgIpc) is 2.68. The van der Waals surface area contributed by atoms with Crippen LogP contribution in [0.15, 0.2) is 42.5 Å². The van der Waals surface area contributed by atoms with Gasteiger partial charge >= 0.3 is 0 Å². The number of benzene rings is 2. The van der Waals surface area contributed by atoms with E-state index in [2.05, 4.69) is 17.1 Å². The van der Waals surface area contributed by atoms with Crippen molar-refractivity contribution in [1.82, 2.24) is 4.90 Å². The molecular formula is C22H22N2O3. The highest BCUT2D eigenvalue weighted by molar-refractivity contribution is 6.30. The van der Waals surface area contributed by atoms with Crippen molar-refractivity contribution in [2.75, 3.05) is 18.4 Å². The molecule has 5 heteroatoms. The first kappa shape index (κ1) is 17.6. The molecule has 4 rings (SSSR count). The van der Waals surface area contributed by atoms with Gasteiger partial charge in [0.15, 0.2) is 11.6 Å². The van der Waals surface area contributed by atoms with Crippen LogP contribution in [0.3, 0.4) is 0 Å². The number of rotatable bonds is 3. The minimum Gasteiger partial charge on any atom is -0.324 e. The van der Waals surface area contributed by atoms with Gasteiger partial charge in [0.2, 0.25) is 5.91 Å². The molecule has 0 spiro atoms. The van der Waals surface area contributed by atoms with E-state index in [9.17, 15) is 14.4 Å². The third-order valence-electron chi connectivity index (χ3n) is 5.51. The highest BCUT2D eigenvalue weighted by Crippen LogP contribution is 2.32. The SMILES string of the molecule is CC1CCCCN1CC(=O)Nc1cccc2c1C(=O)c1ccccc1C2=O. The van der Waals surface area contributed by atoms with Gasteiger partial charge in [-0.2, -0.15) is 0 Å². The number of hydrogen-bond acceptors (Lipinski definition) is 4. The van der Waals surface area contributed by atoms with Gasteiger partial charge in [0.1, 0.15) is 0 Å². The second-order valence-corrected chi connectivity index (χ2v) is 7.30. The van der Waals surface area contributed by atoms with Gasteiger partial charge in [-0.3, -0.25) is 19.3 Å². The first-order chi connectivity index (χ1) is 13.1. The third-order valence-corrected chi connectivity index (χ3v) is 5.51. The number of ketones is 2. The summed E-state index contributed by atoms with van der Waals surface area (Å²) in [5.74, 6) is -0.556. The first-order valence-corrected chi connectivity index (χ1v) is 9.41. The maximum absolute atomic E-state index is 13.0. The van der Waals surface area contributed by atoms with Crippen molar-refractivity contribution in [2.45, 2.75) is 32.2 Å². The van der Waals surface area contributed by atoms with Gasteiger partial charge in [-0.1, -0.05) is 42.8 Å². The molecule has 1 aliphatic heterocycles. The molecular weight excluding hydrogens is 340 g/mol. The molecule has 0 radical (unpaired) electrons. The van der Waals surface area contributed by atoms with Crippen LogP contribution in [0, 0.1) is 0 Å². The minimum absolute atomic E-state index is 0.156. The maximum atomic E-state index is 13.0. The summed E-state index contributed by atoms with van der Waals surface area (Å²) < 4.78 is 0. The lowest BCUT2D eigenvalue weighted by molar-refractivity contribution is -0.118.